The van der Waals surface area contributed by atoms with Crippen molar-refractivity contribution < 1.29 is 4.79 Å². The Morgan fingerprint density at radius 1 is 1.29 bits per heavy atom. The average molecular weight is 244 g/mol. The van der Waals surface area contributed by atoms with E-state index in [1.165, 1.54) is 28.9 Å². The molecule has 0 radical (unpaired) electrons. The number of anilines is 1. The maximum Gasteiger partial charge on any atom is 0.257 e. The Morgan fingerprint density at radius 3 is 3.00 bits per heavy atom. The van der Waals surface area contributed by atoms with Crippen molar-refractivity contribution in [3.63, 3.8) is 0 Å². The van der Waals surface area contributed by atoms with Gasteiger partial charge in [0.25, 0.3) is 5.91 Å². The van der Waals surface area contributed by atoms with E-state index < -0.39 is 0 Å². The van der Waals surface area contributed by atoms with Crippen molar-refractivity contribution in [2.75, 3.05) is 5.32 Å². The molecule has 1 aromatic carbocycles. The predicted octanol–water partition coefficient (Wildman–Crippen LogP) is 2.88. The summed E-state index contributed by atoms with van der Waals surface area (Å²) >= 11 is 1.43. The third-order valence-corrected chi connectivity index (χ3v) is 3.70. The molecule has 1 heterocycles. The maximum absolute atomic E-state index is 12.0. The van der Waals surface area contributed by atoms with Gasteiger partial charge in [-0.05, 0) is 42.5 Å². The first-order valence-corrected chi connectivity index (χ1v) is 6.53. The molecule has 0 saturated carbocycles. The van der Waals surface area contributed by atoms with Gasteiger partial charge >= 0.3 is 0 Å². The number of carbonyl (C=O) groups excluding carboxylic acids is 1. The number of hydrogen-bond acceptors (Lipinski definition) is 3. The van der Waals surface area contributed by atoms with E-state index in [2.05, 4.69) is 16.4 Å². The van der Waals surface area contributed by atoms with Crippen LogP contribution in [0.4, 0.5) is 5.13 Å². The van der Waals surface area contributed by atoms with Crippen LogP contribution in [0.1, 0.15) is 27.9 Å². The summed E-state index contributed by atoms with van der Waals surface area (Å²) in [6, 6.07) is 5.97. The van der Waals surface area contributed by atoms with Gasteiger partial charge in [0.05, 0.1) is 0 Å². The van der Waals surface area contributed by atoms with Gasteiger partial charge in [0.2, 0.25) is 0 Å². The molecule has 1 amide bonds. The fourth-order valence-electron chi connectivity index (χ4n) is 2.17. The van der Waals surface area contributed by atoms with Gasteiger partial charge in [-0.1, -0.05) is 6.07 Å². The van der Waals surface area contributed by atoms with Crippen LogP contribution < -0.4 is 5.32 Å². The molecule has 0 fully saturated rings. The van der Waals surface area contributed by atoms with Crippen molar-refractivity contribution >= 4 is 22.4 Å². The molecule has 2 aromatic rings. The van der Waals surface area contributed by atoms with E-state index in [0.717, 1.165) is 18.4 Å². The van der Waals surface area contributed by atoms with E-state index in [1.807, 2.05) is 17.5 Å². The highest BCUT2D eigenvalue weighted by Gasteiger charge is 2.14. The summed E-state index contributed by atoms with van der Waals surface area (Å²) in [6.45, 7) is 0. The van der Waals surface area contributed by atoms with Gasteiger partial charge in [-0.3, -0.25) is 10.1 Å². The third kappa shape index (κ3) is 2.08. The van der Waals surface area contributed by atoms with E-state index in [4.69, 9.17) is 0 Å². The smallest absolute Gasteiger partial charge is 0.257 e. The molecule has 17 heavy (non-hydrogen) atoms. The molecule has 4 heteroatoms. The van der Waals surface area contributed by atoms with E-state index in [0.29, 0.717) is 5.13 Å². The number of thiazole rings is 1. The van der Waals surface area contributed by atoms with Crippen LogP contribution in [0.15, 0.2) is 29.8 Å². The predicted molar refractivity (Wildman–Crippen MR) is 68.5 cm³/mol. The number of nitrogens with zero attached hydrogens (tertiary/aromatic N) is 1. The molecular weight excluding hydrogens is 232 g/mol. The molecule has 1 aliphatic carbocycles. The Morgan fingerprint density at radius 2 is 2.18 bits per heavy atom. The molecule has 0 unspecified atom stereocenters. The van der Waals surface area contributed by atoms with E-state index in [1.54, 1.807) is 6.20 Å². The quantitative estimate of drug-likeness (QED) is 0.882. The summed E-state index contributed by atoms with van der Waals surface area (Å²) in [5.41, 5.74) is 3.42. The number of carbonyl (C=O) groups is 1. The minimum absolute atomic E-state index is 0.0744. The van der Waals surface area contributed by atoms with Gasteiger partial charge in [-0.2, -0.15) is 0 Å². The Balaban J connectivity index is 1.82. The average Bonchev–Trinajstić information content (AvgIpc) is 2.97. The van der Waals surface area contributed by atoms with Gasteiger partial charge in [0, 0.05) is 17.1 Å². The number of benzene rings is 1. The number of amides is 1. The van der Waals surface area contributed by atoms with Crippen molar-refractivity contribution in [2.24, 2.45) is 0 Å². The molecule has 1 aromatic heterocycles. The Kier molecular flexibility index (Phi) is 2.65. The van der Waals surface area contributed by atoms with Gasteiger partial charge in [-0.25, -0.2) is 4.98 Å². The first-order chi connectivity index (χ1) is 8.33. The fraction of sp³-hybridized carbons (Fsp3) is 0.231. The lowest BCUT2D eigenvalue weighted by Crippen LogP contribution is -2.11. The molecule has 86 valence electrons. The maximum atomic E-state index is 12.0. The summed E-state index contributed by atoms with van der Waals surface area (Å²) in [7, 11) is 0. The molecule has 0 saturated heterocycles. The van der Waals surface area contributed by atoms with Crippen LogP contribution in [-0.4, -0.2) is 10.9 Å². The molecule has 1 aliphatic rings. The van der Waals surface area contributed by atoms with Crippen LogP contribution in [0, 0.1) is 0 Å². The second kappa shape index (κ2) is 4.30. The summed E-state index contributed by atoms with van der Waals surface area (Å²) in [5.74, 6) is -0.0744. The minimum Gasteiger partial charge on any atom is -0.298 e. The van der Waals surface area contributed by atoms with Crippen molar-refractivity contribution in [3.05, 3.63) is 46.5 Å². The van der Waals surface area contributed by atoms with Crippen LogP contribution >= 0.6 is 11.3 Å². The lowest BCUT2D eigenvalue weighted by molar-refractivity contribution is 0.102. The molecule has 0 aliphatic heterocycles. The summed E-state index contributed by atoms with van der Waals surface area (Å²) < 4.78 is 0. The number of hydrogen-bond donors (Lipinski definition) is 1. The zero-order valence-electron chi connectivity index (χ0n) is 9.27. The Bertz CT molecular complexity index is 549. The molecule has 1 N–H and O–H groups in total. The topological polar surface area (TPSA) is 42.0 Å². The molecule has 0 spiro atoms. The second-order valence-electron chi connectivity index (χ2n) is 4.13. The van der Waals surface area contributed by atoms with Crippen LogP contribution in [-0.2, 0) is 12.8 Å². The Labute approximate surface area is 104 Å². The summed E-state index contributed by atoms with van der Waals surface area (Å²) in [4.78, 5) is 16.0. The van der Waals surface area contributed by atoms with Gasteiger partial charge in [0.15, 0.2) is 5.13 Å². The fourth-order valence-corrected chi connectivity index (χ4v) is 2.69. The molecule has 0 bridgehead atoms. The zero-order chi connectivity index (χ0) is 11.7. The zero-order valence-corrected chi connectivity index (χ0v) is 10.1. The number of nitrogens with one attached hydrogen (secondary N) is 1. The van der Waals surface area contributed by atoms with Gasteiger partial charge in [0.1, 0.15) is 0 Å². The van der Waals surface area contributed by atoms with Crippen molar-refractivity contribution in [1.29, 1.82) is 0 Å². The summed E-state index contributed by atoms with van der Waals surface area (Å²) in [5, 5.41) is 5.29. The van der Waals surface area contributed by atoms with Gasteiger partial charge < -0.3 is 0 Å². The number of fused-ring (bicyclic) bond motifs is 1. The normalized spacial score (nSPS) is 13.4. The highest BCUT2D eigenvalue weighted by atomic mass is 32.1. The first kappa shape index (κ1) is 10.5. The number of aromatic nitrogens is 1. The van der Waals surface area contributed by atoms with Crippen LogP contribution in [0.25, 0.3) is 0 Å². The van der Waals surface area contributed by atoms with Crippen LogP contribution in [0.5, 0.6) is 0 Å². The van der Waals surface area contributed by atoms with Crippen molar-refractivity contribution in [3.8, 4) is 0 Å². The van der Waals surface area contributed by atoms with E-state index in [-0.39, 0.29) is 5.91 Å². The highest BCUT2D eigenvalue weighted by Crippen LogP contribution is 2.23. The van der Waals surface area contributed by atoms with E-state index in [9.17, 15) is 4.79 Å². The molecule has 3 nitrogen and oxygen atoms in total. The van der Waals surface area contributed by atoms with Crippen molar-refractivity contribution in [1.82, 2.24) is 4.98 Å². The number of aryl methyl sites for hydroxylation is 2. The molecular formula is C13H12N2OS. The SMILES string of the molecule is O=C(Nc1nccs1)c1ccc2c(c1)CCC2. The lowest BCUT2D eigenvalue weighted by Gasteiger charge is -2.04. The molecule has 0 atom stereocenters. The summed E-state index contributed by atoms with van der Waals surface area (Å²) in [6.07, 6.45) is 5.12. The standard InChI is InChI=1S/C13H12N2OS/c16-12(15-13-14-6-7-17-13)11-5-4-9-2-1-3-10(9)8-11/h4-8H,1-3H2,(H,14,15,16). The Hall–Kier alpha value is -1.68. The lowest BCUT2D eigenvalue weighted by atomic mass is 10.1. The first-order valence-electron chi connectivity index (χ1n) is 5.65. The largest absolute Gasteiger partial charge is 0.298 e. The van der Waals surface area contributed by atoms with Crippen molar-refractivity contribution in [2.45, 2.75) is 19.3 Å². The highest BCUT2D eigenvalue weighted by molar-refractivity contribution is 7.13. The molecule has 3 rings (SSSR count). The van der Waals surface area contributed by atoms with E-state index >= 15 is 0 Å². The second-order valence-corrected chi connectivity index (χ2v) is 5.02. The third-order valence-electron chi connectivity index (χ3n) is 3.01. The minimum atomic E-state index is -0.0744. The number of rotatable bonds is 2. The van der Waals surface area contributed by atoms with Crippen LogP contribution in [0.3, 0.4) is 0 Å². The van der Waals surface area contributed by atoms with Crippen LogP contribution in [0.2, 0.25) is 0 Å². The van der Waals surface area contributed by atoms with Gasteiger partial charge in [-0.15, -0.1) is 11.3 Å². The monoisotopic (exact) mass is 244 g/mol.